The van der Waals surface area contributed by atoms with E-state index in [4.69, 9.17) is 4.74 Å². The Labute approximate surface area is 205 Å². The van der Waals surface area contributed by atoms with Crippen molar-refractivity contribution in [2.24, 2.45) is 0 Å². The molecule has 2 aromatic heterocycles. The monoisotopic (exact) mass is 489 g/mol. The van der Waals surface area contributed by atoms with Crippen LogP contribution in [0.2, 0.25) is 0 Å². The second-order valence-electron chi connectivity index (χ2n) is 8.00. The lowest BCUT2D eigenvalue weighted by Gasteiger charge is -2.35. The zero-order chi connectivity index (χ0) is 24.4. The van der Waals surface area contributed by atoms with Gasteiger partial charge in [-0.1, -0.05) is 23.5 Å². The molecule has 9 nitrogen and oxygen atoms in total. The fourth-order valence-electron chi connectivity index (χ4n) is 4.00. The molecule has 10 heteroatoms. The van der Waals surface area contributed by atoms with Gasteiger partial charge in [0.25, 0.3) is 0 Å². The molecule has 0 bridgehead atoms. The van der Waals surface area contributed by atoms with E-state index in [9.17, 15) is 14.7 Å². The van der Waals surface area contributed by atoms with Crippen molar-refractivity contribution >= 4 is 50.1 Å². The molecular formula is C25H23N5O4S. The van der Waals surface area contributed by atoms with Gasteiger partial charge in [-0.2, -0.15) is 0 Å². The number of hydrogen-bond donors (Lipinski definition) is 1. The molecule has 3 heterocycles. The summed E-state index contributed by atoms with van der Waals surface area (Å²) in [5, 5.41) is 10.2. The second-order valence-corrected chi connectivity index (χ2v) is 9.01. The van der Waals surface area contributed by atoms with E-state index in [-0.39, 0.29) is 5.91 Å². The Balaban J connectivity index is 1.35. The third kappa shape index (κ3) is 4.73. The highest BCUT2D eigenvalue weighted by Gasteiger charge is 2.23. The first-order chi connectivity index (χ1) is 17.0. The molecule has 2 aromatic carbocycles. The van der Waals surface area contributed by atoms with Gasteiger partial charge in [-0.15, -0.1) is 0 Å². The highest BCUT2D eigenvalue weighted by Crippen LogP contribution is 2.35. The van der Waals surface area contributed by atoms with Crippen molar-refractivity contribution in [2.45, 2.75) is 6.92 Å². The van der Waals surface area contributed by atoms with E-state index in [1.54, 1.807) is 37.4 Å². The largest absolute Gasteiger partial charge is 0.464 e. The van der Waals surface area contributed by atoms with Crippen molar-refractivity contribution in [2.75, 3.05) is 36.0 Å². The van der Waals surface area contributed by atoms with Crippen molar-refractivity contribution in [1.29, 1.82) is 0 Å². The summed E-state index contributed by atoms with van der Waals surface area (Å²) in [6, 6.07) is 18.1. The number of thiazole rings is 1. The SMILES string of the molecule is CC(=O)N1CCN(c2cccnc2Oc2ccc(N(C(=O)O)c3nc4ccccc4s3)cc2)CC1. The summed E-state index contributed by atoms with van der Waals surface area (Å²) < 4.78 is 6.99. The van der Waals surface area contributed by atoms with E-state index in [0.29, 0.717) is 48.6 Å². The van der Waals surface area contributed by atoms with Crippen LogP contribution in [0.1, 0.15) is 6.92 Å². The number of rotatable bonds is 5. The summed E-state index contributed by atoms with van der Waals surface area (Å²) in [6.45, 7) is 4.26. The zero-order valence-corrected chi connectivity index (χ0v) is 19.8. The summed E-state index contributed by atoms with van der Waals surface area (Å²) in [4.78, 5) is 37.7. The van der Waals surface area contributed by atoms with Gasteiger partial charge in [-0.25, -0.2) is 19.7 Å². The highest BCUT2D eigenvalue weighted by molar-refractivity contribution is 7.22. The van der Waals surface area contributed by atoms with Crippen LogP contribution in [0.15, 0.2) is 66.9 Å². The van der Waals surface area contributed by atoms with Crippen molar-refractivity contribution in [1.82, 2.24) is 14.9 Å². The number of amides is 2. The molecule has 0 unspecified atom stereocenters. The molecule has 35 heavy (non-hydrogen) atoms. The molecule has 1 saturated heterocycles. The molecule has 1 fully saturated rings. The van der Waals surface area contributed by atoms with Crippen LogP contribution in [0.4, 0.5) is 21.3 Å². The van der Waals surface area contributed by atoms with Gasteiger partial charge in [0.05, 0.1) is 15.9 Å². The van der Waals surface area contributed by atoms with Gasteiger partial charge in [0.2, 0.25) is 16.9 Å². The Morgan fingerprint density at radius 2 is 1.74 bits per heavy atom. The van der Waals surface area contributed by atoms with Gasteiger partial charge < -0.3 is 19.6 Å². The Bertz CT molecular complexity index is 1330. The lowest BCUT2D eigenvalue weighted by molar-refractivity contribution is -0.129. The van der Waals surface area contributed by atoms with Crippen LogP contribution < -0.4 is 14.5 Å². The molecule has 1 N–H and O–H groups in total. The number of aromatic nitrogens is 2. The van der Waals surface area contributed by atoms with Crippen molar-refractivity contribution < 1.29 is 19.4 Å². The Hall–Kier alpha value is -4.18. The average Bonchev–Trinajstić information content (AvgIpc) is 3.29. The molecule has 1 aliphatic rings. The summed E-state index contributed by atoms with van der Waals surface area (Å²) in [5.41, 5.74) is 2.07. The van der Waals surface area contributed by atoms with E-state index >= 15 is 0 Å². The number of carbonyl (C=O) groups is 2. The number of nitrogens with zero attached hydrogens (tertiary/aromatic N) is 5. The smallest absolute Gasteiger partial charge is 0.418 e. The number of piperazine rings is 1. The van der Waals surface area contributed by atoms with Crippen LogP contribution in [0.3, 0.4) is 0 Å². The first kappa shape index (κ1) is 22.6. The van der Waals surface area contributed by atoms with Gasteiger partial charge in [0.15, 0.2) is 0 Å². The maximum absolute atomic E-state index is 12.1. The van der Waals surface area contributed by atoms with Gasteiger partial charge in [0.1, 0.15) is 11.4 Å². The maximum Gasteiger partial charge on any atom is 0.418 e. The Morgan fingerprint density at radius 1 is 1.00 bits per heavy atom. The molecule has 0 aliphatic carbocycles. The number of hydrogen-bond acceptors (Lipinski definition) is 7. The van der Waals surface area contributed by atoms with Gasteiger partial charge >= 0.3 is 6.09 Å². The number of pyridine rings is 1. The summed E-state index contributed by atoms with van der Waals surface area (Å²) in [7, 11) is 0. The standard InChI is InChI=1S/C25H23N5O4S/c1-17(31)28-13-15-29(16-14-28)21-6-4-12-26-23(21)34-19-10-8-18(9-11-19)30(25(32)33)24-27-20-5-2-3-7-22(20)35-24/h2-12H,13-16H2,1H3,(H,32,33). The number of carboxylic acid groups (broad SMARTS) is 1. The fourth-order valence-corrected chi connectivity index (χ4v) is 4.98. The molecular weight excluding hydrogens is 466 g/mol. The number of fused-ring (bicyclic) bond motifs is 1. The lowest BCUT2D eigenvalue weighted by Crippen LogP contribution is -2.48. The van der Waals surface area contributed by atoms with Crippen LogP contribution in [-0.2, 0) is 4.79 Å². The first-order valence-electron chi connectivity index (χ1n) is 11.1. The van der Waals surface area contributed by atoms with Gasteiger partial charge in [-0.3, -0.25) is 4.79 Å². The third-order valence-electron chi connectivity index (χ3n) is 5.79. The van der Waals surface area contributed by atoms with E-state index < -0.39 is 6.09 Å². The zero-order valence-electron chi connectivity index (χ0n) is 19.0. The van der Waals surface area contributed by atoms with Crippen LogP contribution in [0, 0.1) is 0 Å². The van der Waals surface area contributed by atoms with E-state index in [1.807, 2.05) is 41.3 Å². The lowest BCUT2D eigenvalue weighted by atomic mass is 10.2. The predicted molar refractivity (Wildman–Crippen MR) is 135 cm³/mol. The average molecular weight is 490 g/mol. The highest BCUT2D eigenvalue weighted by atomic mass is 32.1. The molecule has 5 rings (SSSR count). The topological polar surface area (TPSA) is 99.1 Å². The van der Waals surface area contributed by atoms with Crippen molar-refractivity contribution in [3.8, 4) is 11.6 Å². The van der Waals surface area contributed by atoms with Crippen LogP contribution in [0.5, 0.6) is 11.6 Å². The predicted octanol–water partition coefficient (Wildman–Crippen LogP) is 4.97. The second kappa shape index (κ2) is 9.59. The number of para-hydroxylation sites is 1. The molecule has 4 aromatic rings. The molecule has 1 aliphatic heterocycles. The third-order valence-corrected chi connectivity index (χ3v) is 6.81. The number of carbonyl (C=O) groups excluding carboxylic acids is 1. The van der Waals surface area contributed by atoms with Crippen LogP contribution >= 0.6 is 11.3 Å². The molecule has 0 saturated carbocycles. The van der Waals surface area contributed by atoms with E-state index in [2.05, 4.69) is 14.9 Å². The van der Waals surface area contributed by atoms with Gasteiger partial charge in [-0.05, 0) is 48.5 Å². The Kier molecular flexibility index (Phi) is 6.19. The van der Waals surface area contributed by atoms with Gasteiger partial charge in [0, 0.05) is 39.3 Å². The normalized spacial score (nSPS) is 13.6. The number of anilines is 3. The summed E-state index contributed by atoms with van der Waals surface area (Å²) >= 11 is 1.32. The van der Waals surface area contributed by atoms with Crippen LogP contribution in [-0.4, -0.2) is 58.2 Å². The maximum atomic E-state index is 12.1. The van der Waals surface area contributed by atoms with Crippen molar-refractivity contribution in [3.05, 3.63) is 66.9 Å². The molecule has 178 valence electrons. The summed E-state index contributed by atoms with van der Waals surface area (Å²) in [5.74, 6) is 1.07. The number of benzene rings is 2. The fraction of sp³-hybridized carbons (Fsp3) is 0.200. The van der Waals surface area contributed by atoms with Crippen LogP contribution in [0.25, 0.3) is 10.2 Å². The first-order valence-corrected chi connectivity index (χ1v) is 11.9. The summed E-state index contributed by atoms with van der Waals surface area (Å²) in [6.07, 6.45) is 0.549. The quantitative estimate of drug-likeness (QED) is 0.423. The number of ether oxygens (including phenoxy) is 1. The molecule has 0 radical (unpaired) electrons. The van der Waals surface area contributed by atoms with E-state index in [0.717, 1.165) is 20.8 Å². The molecule has 2 amide bonds. The minimum atomic E-state index is -1.12. The van der Waals surface area contributed by atoms with Crippen molar-refractivity contribution in [3.63, 3.8) is 0 Å². The minimum Gasteiger partial charge on any atom is -0.464 e. The van der Waals surface area contributed by atoms with E-state index in [1.165, 1.54) is 11.3 Å². The minimum absolute atomic E-state index is 0.0775. The molecule has 0 atom stereocenters. The Morgan fingerprint density at radius 3 is 2.43 bits per heavy atom. The molecule has 0 spiro atoms.